The van der Waals surface area contributed by atoms with Crippen LogP contribution in [0.3, 0.4) is 0 Å². The molecule has 0 aliphatic heterocycles. The predicted molar refractivity (Wildman–Crippen MR) is 43.9 cm³/mol. The van der Waals surface area contributed by atoms with Gasteiger partial charge in [-0.25, -0.2) is 4.79 Å². The number of amides is 2. The molecular weight excluding hydrogens is 203 g/mol. The van der Waals surface area contributed by atoms with Gasteiger partial charge in [0, 0.05) is 6.54 Å². The molecule has 0 aromatic carbocycles. The zero-order valence-electron chi connectivity index (χ0n) is 8.15. The van der Waals surface area contributed by atoms with Crippen molar-refractivity contribution in [2.24, 2.45) is 5.73 Å². The second-order valence-corrected chi connectivity index (χ2v) is 2.41. The van der Waals surface area contributed by atoms with E-state index in [2.05, 4.69) is 32.9 Å². The summed E-state index contributed by atoms with van der Waals surface area (Å²) in [4.78, 5) is 11.6. The van der Waals surface area contributed by atoms with Crippen molar-refractivity contribution in [2.45, 2.75) is 6.54 Å². The summed E-state index contributed by atoms with van der Waals surface area (Å²) in [5.74, 6) is 0. The fourth-order valence-electron chi connectivity index (χ4n) is 0.635. The first-order valence-corrected chi connectivity index (χ1v) is 3.62. The van der Waals surface area contributed by atoms with Gasteiger partial charge in [-0.15, -0.1) is 0 Å². The van der Waals surface area contributed by atoms with Crippen molar-refractivity contribution in [2.75, 3.05) is 6.54 Å². The Hall–Kier alpha value is -0.440. The molecular formula is C4H9N6NaOS. The Balaban J connectivity index is 0. The van der Waals surface area contributed by atoms with Crippen LogP contribution in [0.5, 0.6) is 0 Å². The molecule has 0 spiro atoms. The normalized spacial score (nSPS) is 8.92. The van der Waals surface area contributed by atoms with Gasteiger partial charge in [-0.05, 0) is 17.4 Å². The minimum absolute atomic E-state index is 0. The van der Waals surface area contributed by atoms with Crippen LogP contribution in [0.15, 0.2) is 0 Å². The molecule has 0 unspecified atom stereocenters. The van der Waals surface area contributed by atoms with E-state index < -0.39 is 6.03 Å². The van der Waals surface area contributed by atoms with Gasteiger partial charge in [0.15, 0.2) is 0 Å². The third-order valence-corrected chi connectivity index (χ3v) is 1.26. The molecule has 9 heteroatoms. The van der Waals surface area contributed by atoms with Gasteiger partial charge in [-0.1, -0.05) is 5.10 Å². The molecule has 1 heterocycles. The van der Waals surface area contributed by atoms with Gasteiger partial charge in [0.2, 0.25) is 4.77 Å². The Morgan fingerprint density at radius 1 is 1.85 bits per heavy atom. The second kappa shape index (κ2) is 6.08. The van der Waals surface area contributed by atoms with E-state index in [-0.39, 0.29) is 31.0 Å². The SMILES string of the molecule is NC(=O)NCCn1nnc(=S)[nH]1.[H-].[Na+]. The van der Waals surface area contributed by atoms with Crippen LogP contribution in [0.4, 0.5) is 4.79 Å². The average molecular weight is 212 g/mol. The van der Waals surface area contributed by atoms with Crippen molar-refractivity contribution >= 4 is 18.2 Å². The summed E-state index contributed by atoms with van der Waals surface area (Å²) in [5.41, 5.74) is 4.84. The monoisotopic (exact) mass is 212 g/mol. The van der Waals surface area contributed by atoms with Crippen LogP contribution in [0.1, 0.15) is 1.43 Å². The zero-order valence-corrected chi connectivity index (χ0v) is 9.97. The van der Waals surface area contributed by atoms with E-state index in [9.17, 15) is 4.79 Å². The number of primary amides is 1. The van der Waals surface area contributed by atoms with Crippen LogP contribution in [0, 0.1) is 4.77 Å². The quantitative estimate of drug-likeness (QED) is 0.352. The van der Waals surface area contributed by atoms with Gasteiger partial charge < -0.3 is 12.5 Å². The number of nitrogens with one attached hydrogen (secondary N) is 2. The van der Waals surface area contributed by atoms with E-state index in [1.807, 2.05) is 0 Å². The van der Waals surface area contributed by atoms with Crippen LogP contribution in [-0.4, -0.2) is 32.8 Å². The largest absolute Gasteiger partial charge is 1.00 e. The molecule has 0 radical (unpaired) electrons. The van der Waals surface area contributed by atoms with Crippen LogP contribution < -0.4 is 40.6 Å². The van der Waals surface area contributed by atoms with Crippen molar-refractivity contribution in [3.05, 3.63) is 4.77 Å². The number of tetrazole rings is 1. The number of H-pyrrole nitrogens is 1. The second-order valence-electron chi connectivity index (χ2n) is 2.02. The molecule has 7 nitrogen and oxygen atoms in total. The molecule has 0 fully saturated rings. The molecule has 1 aromatic heterocycles. The number of hydrogen-bond acceptors (Lipinski definition) is 4. The number of carbonyl (C=O) groups is 1. The van der Waals surface area contributed by atoms with Gasteiger partial charge >= 0.3 is 35.6 Å². The summed E-state index contributed by atoms with van der Waals surface area (Å²) >= 11 is 4.67. The smallest absolute Gasteiger partial charge is 1.00 e. The Morgan fingerprint density at radius 2 is 2.54 bits per heavy atom. The van der Waals surface area contributed by atoms with E-state index in [1.165, 1.54) is 4.80 Å². The topological polar surface area (TPSA) is 102 Å². The van der Waals surface area contributed by atoms with Crippen molar-refractivity contribution in [3.8, 4) is 0 Å². The molecule has 0 saturated carbocycles. The van der Waals surface area contributed by atoms with Gasteiger partial charge in [0.05, 0.1) is 6.54 Å². The predicted octanol–water partition coefficient (Wildman–Crippen LogP) is -3.88. The van der Waals surface area contributed by atoms with E-state index in [4.69, 9.17) is 5.73 Å². The first kappa shape index (κ1) is 12.6. The number of nitrogens with two attached hydrogens (primary N) is 1. The number of nitrogens with zero attached hydrogens (tertiary/aromatic N) is 3. The maximum Gasteiger partial charge on any atom is 1.00 e. The van der Waals surface area contributed by atoms with Gasteiger partial charge in [-0.3, -0.25) is 5.10 Å². The first-order chi connectivity index (χ1) is 5.68. The van der Waals surface area contributed by atoms with Crippen molar-refractivity contribution in [1.29, 1.82) is 0 Å². The summed E-state index contributed by atoms with van der Waals surface area (Å²) in [5, 5.41) is 12.2. The van der Waals surface area contributed by atoms with Crippen LogP contribution in [-0.2, 0) is 6.54 Å². The van der Waals surface area contributed by atoms with Crippen LogP contribution >= 0.6 is 12.2 Å². The number of carbonyl (C=O) groups excluding carboxylic acids is 1. The third-order valence-electron chi connectivity index (χ3n) is 1.09. The van der Waals surface area contributed by atoms with Gasteiger partial charge in [0.25, 0.3) is 0 Å². The number of rotatable bonds is 3. The number of aromatic nitrogens is 4. The van der Waals surface area contributed by atoms with Crippen molar-refractivity contribution < 1.29 is 35.8 Å². The molecule has 1 rings (SSSR count). The summed E-state index contributed by atoms with van der Waals surface area (Å²) < 4.78 is 0.314. The molecule has 0 bridgehead atoms. The maximum atomic E-state index is 10.2. The molecule has 0 saturated heterocycles. The minimum atomic E-state index is -0.561. The summed E-state index contributed by atoms with van der Waals surface area (Å²) in [6.45, 7) is 0.858. The number of hydrogen-bond donors (Lipinski definition) is 3. The molecule has 0 aliphatic carbocycles. The van der Waals surface area contributed by atoms with Crippen LogP contribution in [0.25, 0.3) is 0 Å². The summed E-state index contributed by atoms with van der Waals surface area (Å²) in [7, 11) is 0. The summed E-state index contributed by atoms with van der Waals surface area (Å²) in [6, 6.07) is -0.561. The number of aromatic amines is 1. The van der Waals surface area contributed by atoms with E-state index >= 15 is 0 Å². The average Bonchev–Trinajstić information content (AvgIpc) is 2.35. The first-order valence-electron chi connectivity index (χ1n) is 3.21. The Bertz CT molecular complexity index is 326. The van der Waals surface area contributed by atoms with Crippen LogP contribution in [0.2, 0.25) is 0 Å². The van der Waals surface area contributed by atoms with Gasteiger partial charge in [-0.2, -0.15) is 4.80 Å². The molecule has 13 heavy (non-hydrogen) atoms. The molecule has 0 atom stereocenters. The molecule has 68 valence electrons. The maximum absolute atomic E-state index is 10.2. The fraction of sp³-hybridized carbons (Fsp3) is 0.500. The fourth-order valence-corrected chi connectivity index (χ4v) is 0.777. The number of urea groups is 1. The molecule has 0 aliphatic rings. The molecule has 2 amide bonds. The standard InChI is InChI=1S/C4H8N6OS.Na.H/c5-3(11)6-1-2-10-8-4(12)7-9-10;;/h1-2H2,(H,8,12)(H3,5,6,11);;/q;+1;-1. The van der Waals surface area contributed by atoms with Gasteiger partial charge in [0.1, 0.15) is 0 Å². The van der Waals surface area contributed by atoms with Crippen molar-refractivity contribution in [1.82, 2.24) is 25.5 Å². The summed E-state index contributed by atoms with van der Waals surface area (Å²) in [6.07, 6.45) is 0. The zero-order chi connectivity index (χ0) is 8.97. The Labute approximate surface area is 103 Å². The Kier molecular flexibility index (Phi) is 5.88. The van der Waals surface area contributed by atoms with E-state index in [0.29, 0.717) is 17.9 Å². The molecule has 4 N–H and O–H groups in total. The van der Waals surface area contributed by atoms with E-state index in [0.717, 1.165) is 0 Å². The van der Waals surface area contributed by atoms with E-state index in [1.54, 1.807) is 0 Å². The molecule has 1 aromatic rings. The Morgan fingerprint density at radius 3 is 3.00 bits per heavy atom. The third kappa shape index (κ3) is 4.98. The van der Waals surface area contributed by atoms with Crippen molar-refractivity contribution in [3.63, 3.8) is 0 Å². The minimum Gasteiger partial charge on any atom is -1.00 e.